The zero-order valence-electron chi connectivity index (χ0n) is 17.6. The Kier molecular flexibility index (Phi) is 6.06. The normalized spacial score (nSPS) is 15.2. The van der Waals surface area contributed by atoms with Crippen molar-refractivity contribution >= 4 is 27.5 Å². The van der Waals surface area contributed by atoms with E-state index in [0.717, 1.165) is 6.20 Å². The number of alkyl halides is 3. The number of halogens is 4. The van der Waals surface area contributed by atoms with Crippen molar-refractivity contribution in [1.29, 1.82) is 0 Å². The predicted octanol–water partition coefficient (Wildman–Crippen LogP) is 2.98. The van der Waals surface area contributed by atoms with E-state index in [0.29, 0.717) is 6.54 Å². The molecule has 0 saturated heterocycles. The van der Waals surface area contributed by atoms with E-state index in [2.05, 4.69) is 15.2 Å². The van der Waals surface area contributed by atoms with E-state index in [-0.39, 0.29) is 40.2 Å². The first-order chi connectivity index (χ1) is 15.9. The highest BCUT2D eigenvalue weighted by molar-refractivity contribution is 7.90. The van der Waals surface area contributed by atoms with Gasteiger partial charge in [0.1, 0.15) is 22.1 Å². The Labute approximate surface area is 196 Å². The summed E-state index contributed by atoms with van der Waals surface area (Å²) in [6.07, 6.45) is -0.542. The first-order valence-corrected chi connectivity index (χ1v) is 11.8. The van der Waals surface area contributed by atoms with E-state index in [1.807, 2.05) is 4.72 Å². The van der Waals surface area contributed by atoms with E-state index >= 15 is 0 Å². The average Bonchev–Trinajstić information content (AvgIpc) is 3.20. The standard InChI is InChI=1S/C19H18ClF3N6O4S/c1-2-28-10-12(9-24-28)34(31,32)27-17(30)13-3-4-14(25-16(13)20)29-8-5-15(26-29)33-11-18(6-7-18)19(21,22)23/h3-5,8-10H,2,6-7,11H2,1H3,(H,27,30). The Morgan fingerprint density at radius 2 is 2.03 bits per heavy atom. The topological polar surface area (TPSA) is 121 Å². The van der Waals surface area contributed by atoms with Crippen molar-refractivity contribution in [3.05, 3.63) is 47.5 Å². The zero-order valence-corrected chi connectivity index (χ0v) is 19.2. The molecule has 1 fully saturated rings. The maximum atomic E-state index is 13.0. The van der Waals surface area contributed by atoms with Crippen LogP contribution in [0.1, 0.15) is 30.1 Å². The number of nitrogens with zero attached hydrogens (tertiary/aromatic N) is 5. The lowest BCUT2D eigenvalue weighted by atomic mass is 10.1. The SMILES string of the molecule is CCn1cc(S(=O)(=O)NC(=O)c2ccc(-n3ccc(OCC4(C(F)(F)F)CC4)n3)nc2Cl)cn1. The van der Waals surface area contributed by atoms with Gasteiger partial charge in [0.25, 0.3) is 15.9 Å². The Morgan fingerprint density at radius 1 is 1.29 bits per heavy atom. The number of carbonyl (C=O) groups is 1. The third kappa shape index (κ3) is 4.73. The van der Waals surface area contributed by atoms with Crippen molar-refractivity contribution in [2.24, 2.45) is 5.41 Å². The first kappa shape index (κ1) is 24.0. The van der Waals surface area contributed by atoms with Gasteiger partial charge in [-0.25, -0.2) is 22.8 Å². The Balaban J connectivity index is 1.44. The van der Waals surface area contributed by atoms with E-state index in [4.69, 9.17) is 16.3 Å². The molecule has 1 amide bonds. The molecule has 0 atom stereocenters. The number of sulfonamides is 1. The maximum Gasteiger partial charge on any atom is 0.397 e. The van der Waals surface area contributed by atoms with Crippen LogP contribution in [0.3, 0.4) is 0 Å². The van der Waals surface area contributed by atoms with Crippen molar-refractivity contribution < 1.29 is 31.1 Å². The molecule has 34 heavy (non-hydrogen) atoms. The number of ether oxygens (including phenoxy) is 1. The molecule has 182 valence electrons. The van der Waals surface area contributed by atoms with Gasteiger partial charge < -0.3 is 4.74 Å². The minimum absolute atomic E-state index is 0.00849. The van der Waals surface area contributed by atoms with Crippen LogP contribution in [0.5, 0.6) is 5.88 Å². The molecule has 0 unspecified atom stereocenters. The predicted molar refractivity (Wildman–Crippen MR) is 112 cm³/mol. The molecule has 0 bridgehead atoms. The highest BCUT2D eigenvalue weighted by atomic mass is 35.5. The second kappa shape index (κ2) is 8.58. The summed E-state index contributed by atoms with van der Waals surface area (Å²) in [5, 5.41) is 7.57. The van der Waals surface area contributed by atoms with Gasteiger partial charge in [-0.2, -0.15) is 18.3 Å². The zero-order chi connectivity index (χ0) is 24.7. The highest BCUT2D eigenvalue weighted by Crippen LogP contribution is 2.57. The van der Waals surface area contributed by atoms with Crippen LogP contribution < -0.4 is 9.46 Å². The summed E-state index contributed by atoms with van der Waals surface area (Å²) in [5.41, 5.74) is -2.04. The molecular formula is C19H18ClF3N6O4S. The lowest BCUT2D eigenvalue weighted by Gasteiger charge is -2.18. The molecule has 0 spiro atoms. The van der Waals surface area contributed by atoms with Gasteiger partial charge in [0.05, 0.1) is 11.8 Å². The summed E-state index contributed by atoms with van der Waals surface area (Å²) < 4.78 is 73.6. The van der Waals surface area contributed by atoms with Gasteiger partial charge in [0.2, 0.25) is 5.88 Å². The number of hydrogen-bond acceptors (Lipinski definition) is 7. The van der Waals surface area contributed by atoms with E-state index < -0.39 is 34.1 Å². The molecule has 0 aliphatic heterocycles. The second-order valence-corrected chi connectivity index (χ2v) is 9.68. The molecule has 3 aromatic rings. The molecule has 1 saturated carbocycles. The monoisotopic (exact) mass is 518 g/mol. The summed E-state index contributed by atoms with van der Waals surface area (Å²) in [5.74, 6) is -0.894. The van der Waals surface area contributed by atoms with Gasteiger partial charge in [-0.05, 0) is 31.9 Å². The van der Waals surface area contributed by atoms with E-state index in [9.17, 15) is 26.4 Å². The maximum absolute atomic E-state index is 13.0. The van der Waals surface area contributed by atoms with Crippen LogP contribution in [0, 0.1) is 5.41 Å². The number of nitrogens with one attached hydrogen (secondary N) is 1. The van der Waals surface area contributed by atoms with Crippen LogP contribution in [0.15, 0.2) is 41.7 Å². The number of hydrogen-bond donors (Lipinski definition) is 1. The minimum atomic E-state index is -4.34. The van der Waals surface area contributed by atoms with Gasteiger partial charge >= 0.3 is 6.18 Å². The molecule has 0 aromatic carbocycles. The molecule has 4 rings (SSSR count). The lowest BCUT2D eigenvalue weighted by Crippen LogP contribution is -2.30. The minimum Gasteiger partial charge on any atom is -0.476 e. The van der Waals surface area contributed by atoms with Gasteiger partial charge in [-0.15, -0.1) is 5.10 Å². The Bertz CT molecular complexity index is 1330. The number of amides is 1. The van der Waals surface area contributed by atoms with E-state index in [1.54, 1.807) is 6.92 Å². The first-order valence-electron chi connectivity index (χ1n) is 9.96. The van der Waals surface area contributed by atoms with Crippen molar-refractivity contribution in [3.63, 3.8) is 0 Å². The van der Waals surface area contributed by atoms with Gasteiger partial charge in [0.15, 0.2) is 5.82 Å². The van der Waals surface area contributed by atoms with Crippen LogP contribution in [0.2, 0.25) is 5.15 Å². The number of aromatic nitrogens is 5. The largest absolute Gasteiger partial charge is 0.476 e. The molecule has 3 aromatic heterocycles. The van der Waals surface area contributed by atoms with Crippen LogP contribution in [0.4, 0.5) is 13.2 Å². The summed E-state index contributed by atoms with van der Waals surface area (Å²) >= 11 is 6.08. The van der Waals surface area contributed by atoms with Crippen molar-refractivity contribution in [2.45, 2.75) is 37.4 Å². The molecule has 3 heterocycles. The molecule has 15 heteroatoms. The quantitative estimate of drug-likeness (QED) is 0.455. The number of carbonyl (C=O) groups excluding carboxylic acids is 1. The van der Waals surface area contributed by atoms with Gasteiger partial charge in [0, 0.05) is 25.0 Å². The van der Waals surface area contributed by atoms with Gasteiger partial charge in [-0.1, -0.05) is 11.6 Å². The average molecular weight is 519 g/mol. The van der Waals surface area contributed by atoms with Crippen LogP contribution >= 0.6 is 11.6 Å². The number of pyridine rings is 1. The summed E-state index contributed by atoms with van der Waals surface area (Å²) in [4.78, 5) is 16.3. The molecule has 10 nitrogen and oxygen atoms in total. The Hall–Kier alpha value is -3.13. The summed E-state index contributed by atoms with van der Waals surface area (Å²) in [6, 6.07) is 3.96. The number of rotatable bonds is 8. The Morgan fingerprint density at radius 3 is 2.62 bits per heavy atom. The molecule has 1 N–H and O–H groups in total. The van der Waals surface area contributed by atoms with Crippen molar-refractivity contribution in [3.8, 4) is 11.7 Å². The lowest BCUT2D eigenvalue weighted by molar-refractivity contribution is -0.194. The fourth-order valence-corrected chi connectivity index (χ4v) is 4.15. The van der Waals surface area contributed by atoms with Gasteiger partial charge in [-0.3, -0.25) is 9.48 Å². The number of aryl methyl sites for hydroxylation is 1. The molecule has 0 radical (unpaired) electrons. The van der Waals surface area contributed by atoms with Crippen LogP contribution in [0.25, 0.3) is 5.82 Å². The third-order valence-electron chi connectivity index (χ3n) is 5.30. The van der Waals surface area contributed by atoms with Crippen LogP contribution in [-0.2, 0) is 16.6 Å². The fourth-order valence-electron chi connectivity index (χ4n) is 3.00. The highest BCUT2D eigenvalue weighted by Gasteiger charge is 2.64. The molecular weight excluding hydrogens is 501 g/mol. The summed E-state index contributed by atoms with van der Waals surface area (Å²) in [7, 11) is -4.18. The van der Waals surface area contributed by atoms with E-state index in [1.165, 1.54) is 40.0 Å². The second-order valence-electron chi connectivity index (χ2n) is 7.64. The van der Waals surface area contributed by atoms with Crippen molar-refractivity contribution in [1.82, 2.24) is 29.3 Å². The third-order valence-corrected chi connectivity index (χ3v) is 6.87. The smallest absolute Gasteiger partial charge is 0.397 e. The molecule has 1 aliphatic rings. The molecule has 1 aliphatic carbocycles. The fraction of sp³-hybridized carbons (Fsp3) is 0.368. The van der Waals surface area contributed by atoms with Crippen LogP contribution in [-0.4, -0.2) is 51.7 Å². The van der Waals surface area contributed by atoms with Crippen molar-refractivity contribution in [2.75, 3.05) is 6.61 Å². The summed E-state index contributed by atoms with van der Waals surface area (Å²) in [6.45, 7) is 1.69.